The molecule has 1 atom stereocenters. The van der Waals surface area contributed by atoms with Crippen molar-refractivity contribution in [2.24, 2.45) is 5.73 Å². The van der Waals surface area contributed by atoms with Gasteiger partial charge in [0.15, 0.2) is 0 Å². The number of pyridine rings is 1. The molecule has 1 rings (SSSR count). The molecule has 0 aromatic carbocycles. The molecule has 0 aliphatic rings. The monoisotopic (exact) mass is 208 g/mol. The molecule has 2 N–H and O–H groups in total. The summed E-state index contributed by atoms with van der Waals surface area (Å²) in [6, 6.07) is 3.80. The highest BCUT2D eigenvalue weighted by atomic mass is 16.5. The standard InChI is InChI=1S/C12H20N2O/c1-5-12(3,4)15-10-6-7-11(9(2)13)14-8-10/h6-9H,5,13H2,1-4H3/t9-/m0/s1. The van der Waals surface area contributed by atoms with Crippen molar-refractivity contribution in [3.05, 3.63) is 24.0 Å². The van der Waals surface area contributed by atoms with Gasteiger partial charge in [0.1, 0.15) is 11.4 Å². The Morgan fingerprint density at radius 2 is 2.13 bits per heavy atom. The van der Waals surface area contributed by atoms with Crippen LogP contribution in [0.3, 0.4) is 0 Å². The molecule has 0 amide bonds. The van der Waals surface area contributed by atoms with Crippen molar-refractivity contribution in [2.45, 2.75) is 45.8 Å². The molecule has 0 saturated carbocycles. The van der Waals surface area contributed by atoms with Gasteiger partial charge in [-0.15, -0.1) is 0 Å². The van der Waals surface area contributed by atoms with Crippen molar-refractivity contribution in [2.75, 3.05) is 0 Å². The van der Waals surface area contributed by atoms with Gasteiger partial charge in [0.2, 0.25) is 0 Å². The number of nitrogens with zero attached hydrogens (tertiary/aromatic N) is 1. The van der Waals surface area contributed by atoms with Crippen LogP contribution in [0.4, 0.5) is 0 Å². The van der Waals surface area contributed by atoms with Crippen LogP contribution in [0.2, 0.25) is 0 Å². The number of rotatable bonds is 4. The highest BCUT2D eigenvalue weighted by Gasteiger charge is 2.16. The lowest BCUT2D eigenvalue weighted by atomic mass is 10.1. The predicted molar refractivity (Wildman–Crippen MR) is 61.8 cm³/mol. The van der Waals surface area contributed by atoms with Gasteiger partial charge in [0.25, 0.3) is 0 Å². The van der Waals surface area contributed by atoms with Crippen molar-refractivity contribution >= 4 is 0 Å². The lowest BCUT2D eigenvalue weighted by molar-refractivity contribution is 0.105. The second-order valence-electron chi connectivity index (χ2n) is 4.42. The maximum Gasteiger partial charge on any atom is 0.138 e. The van der Waals surface area contributed by atoms with Gasteiger partial charge in [-0.2, -0.15) is 0 Å². The zero-order valence-electron chi connectivity index (χ0n) is 9.95. The molecule has 0 aliphatic heterocycles. The first-order chi connectivity index (χ1) is 6.94. The fraction of sp³-hybridized carbons (Fsp3) is 0.583. The summed E-state index contributed by atoms with van der Waals surface area (Å²) in [6.45, 7) is 8.14. The van der Waals surface area contributed by atoms with E-state index in [-0.39, 0.29) is 11.6 Å². The summed E-state index contributed by atoms with van der Waals surface area (Å²) in [5.74, 6) is 0.797. The first-order valence-electron chi connectivity index (χ1n) is 5.35. The van der Waals surface area contributed by atoms with Crippen LogP contribution in [0.25, 0.3) is 0 Å². The molecule has 1 aromatic rings. The Hall–Kier alpha value is -1.09. The third kappa shape index (κ3) is 3.51. The molecule has 0 spiro atoms. The molecule has 0 aliphatic carbocycles. The fourth-order valence-corrected chi connectivity index (χ4v) is 1.11. The number of nitrogens with two attached hydrogens (primary N) is 1. The summed E-state index contributed by atoms with van der Waals surface area (Å²) < 4.78 is 5.78. The Morgan fingerprint density at radius 1 is 1.47 bits per heavy atom. The second kappa shape index (κ2) is 4.62. The van der Waals surface area contributed by atoms with Crippen molar-refractivity contribution < 1.29 is 4.74 Å². The average Bonchev–Trinajstić information content (AvgIpc) is 2.18. The van der Waals surface area contributed by atoms with Gasteiger partial charge in [-0.1, -0.05) is 6.92 Å². The van der Waals surface area contributed by atoms with Gasteiger partial charge in [0, 0.05) is 6.04 Å². The third-order valence-corrected chi connectivity index (χ3v) is 2.47. The Bertz CT molecular complexity index is 304. The SMILES string of the molecule is CCC(C)(C)Oc1ccc([C@H](C)N)nc1. The molecule has 3 nitrogen and oxygen atoms in total. The van der Waals surface area contributed by atoms with Crippen molar-refractivity contribution in [1.29, 1.82) is 0 Å². The zero-order chi connectivity index (χ0) is 11.5. The van der Waals surface area contributed by atoms with Crippen molar-refractivity contribution in [1.82, 2.24) is 4.98 Å². The van der Waals surface area contributed by atoms with Gasteiger partial charge >= 0.3 is 0 Å². The number of hydrogen-bond acceptors (Lipinski definition) is 3. The topological polar surface area (TPSA) is 48.1 Å². The van der Waals surface area contributed by atoms with Crippen molar-refractivity contribution in [3.63, 3.8) is 0 Å². The van der Waals surface area contributed by atoms with Gasteiger partial charge in [-0.05, 0) is 39.3 Å². The molecule has 84 valence electrons. The molecule has 0 bridgehead atoms. The normalized spacial score (nSPS) is 13.7. The molecule has 0 fully saturated rings. The van der Waals surface area contributed by atoms with Gasteiger partial charge in [-0.25, -0.2) is 0 Å². The first-order valence-corrected chi connectivity index (χ1v) is 5.35. The van der Waals surface area contributed by atoms with E-state index in [1.807, 2.05) is 19.1 Å². The van der Waals surface area contributed by atoms with E-state index < -0.39 is 0 Å². The largest absolute Gasteiger partial charge is 0.486 e. The van der Waals surface area contributed by atoms with Gasteiger partial charge in [-0.3, -0.25) is 4.98 Å². The maximum absolute atomic E-state index is 5.78. The molecular formula is C12H20N2O. The Balaban J connectivity index is 2.73. The molecule has 0 saturated heterocycles. The minimum absolute atomic E-state index is 0.0294. The second-order valence-corrected chi connectivity index (χ2v) is 4.42. The van der Waals surface area contributed by atoms with E-state index in [4.69, 9.17) is 10.5 Å². The minimum atomic E-state index is -0.141. The molecular weight excluding hydrogens is 188 g/mol. The van der Waals surface area contributed by atoms with E-state index in [2.05, 4.69) is 25.8 Å². The average molecular weight is 208 g/mol. The number of aromatic nitrogens is 1. The van der Waals surface area contributed by atoms with E-state index in [1.165, 1.54) is 0 Å². The van der Waals surface area contributed by atoms with Gasteiger partial charge < -0.3 is 10.5 Å². The Morgan fingerprint density at radius 3 is 2.53 bits per heavy atom. The summed E-state index contributed by atoms with van der Waals surface area (Å²) in [4.78, 5) is 4.25. The van der Waals surface area contributed by atoms with Crippen LogP contribution in [0.15, 0.2) is 18.3 Å². The number of ether oxygens (including phenoxy) is 1. The lowest BCUT2D eigenvalue weighted by Crippen LogP contribution is -2.26. The van der Waals surface area contributed by atoms with Crippen LogP contribution in [-0.4, -0.2) is 10.6 Å². The van der Waals surface area contributed by atoms with Gasteiger partial charge in [0.05, 0.1) is 11.9 Å². The predicted octanol–water partition coefficient (Wildman–Crippen LogP) is 2.67. The van der Waals surface area contributed by atoms with Crippen LogP contribution < -0.4 is 10.5 Å². The van der Waals surface area contributed by atoms with Crippen LogP contribution in [0.1, 0.15) is 45.9 Å². The van der Waals surface area contributed by atoms with E-state index in [0.29, 0.717) is 0 Å². The lowest BCUT2D eigenvalue weighted by Gasteiger charge is -2.24. The molecule has 15 heavy (non-hydrogen) atoms. The van der Waals surface area contributed by atoms with E-state index in [1.54, 1.807) is 6.20 Å². The van der Waals surface area contributed by atoms with Crippen LogP contribution in [-0.2, 0) is 0 Å². The first kappa shape index (κ1) is 12.0. The highest BCUT2D eigenvalue weighted by molar-refractivity contribution is 5.21. The smallest absolute Gasteiger partial charge is 0.138 e. The van der Waals surface area contributed by atoms with Crippen LogP contribution in [0, 0.1) is 0 Å². The molecule has 0 radical (unpaired) electrons. The quantitative estimate of drug-likeness (QED) is 0.827. The molecule has 0 unspecified atom stereocenters. The van der Waals surface area contributed by atoms with E-state index >= 15 is 0 Å². The maximum atomic E-state index is 5.78. The minimum Gasteiger partial charge on any atom is -0.486 e. The third-order valence-electron chi connectivity index (χ3n) is 2.47. The van der Waals surface area contributed by atoms with Crippen LogP contribution >= 0.6 is 0 Å². The summed E-state index contributed by atoms with van der Waals surface area (Å²) in [6.07, 6.45) is 2.69. The van der Waals surface area contributed by atoms with Crippen LogP contribution in [0.5, 0.6) is 5.75 Å². The van der Waals surface area contributed by atoms with E-state index in [9.17, 15) is 0 Å². The fourth-order valence-electron chi connectivity index (χ4n) is 1.11. The summed E-state index contributed by atoms with van der Waals surface area (Å²) in [5, 5.41) is 0. The summed E-state index contributed by atoms with van der Waals surface area (Å²) >= 11 is 0. The molecule has 3 heteroatoms. The summed E-state index contributed by atoms with van der Waals surface area (Å²) in [5.41, 5.74) is 6.46. The summed E-state index contributed by atoms with van der Waals surface area (Å²) in [7, 11) is 0. The molecule has 1 aromatic heterocycles. The Kier molecular flexibility index (Phi) is 3.69. The zero-order valence-corrected chi connectivity index (χ0v) is 9.95. The van der Waals surface area contributed by atoms with E-state index in [0.717, 1.165) is 17.9 Å². The number of hydrogen-bond donors (Lipinski definition) is 1. The molecule has 1 heterocycles. The Labute approximate surface area is 91.7 Å². The van der Waals surface area contributed by atoms with Crippen molar-refractivity contribution in [3.8, 4) is 5.75 Å². The highest BCUT2D eigenvalue weighted by Crippen LogP contribution is 2.20.